The van der Waals surface area contributed by atoms with Crippen LogP contribution >= 0.6 is 27.5 Å². The van der Waals surface area contributed by atoms with Crippen LogP contribution in [0, 0.1) is 13.8 Å². The van der Waals surface area contributed by atoms with E-state index in [0.717, 1.165) is 16.9 Å². The molecule has 0 amide bonds. The topological polar surface area (TPSA) is 35.0 Å². The summed E-state index contributed by atoms with van der Waals surface area (Å²) in [6.45, 7) is 3.99. The van der Waals surface area contributed by atoms with E-state index in [0.29, 0.717) is 15.5 Å². The van der Waals surface area contributed by atoms with E-state index in [1.165, 1.54) is 6.33 Å². The maximum absolute atomic E-state index is 5.87. The summed E-state index contributed by atoms with van der Waals surface area (Å²) >= 11 is 9.17. The normalized spacial score (nSPS) is 10.4. The molecular formula is C12H10BrClN2O. The molecule has 0 aliphatic carbocycles. The molecule has 0 atom stereocenters. The van der Waals surface area contributed by atoms with Gasteiger partial charge in [0.2, 0.25) is 5.88 Å². The molecule has 0 bridgehead atoms. The predicted molar refractivity (Wildman–Crippen MR) is 70.7 cm³/mol. The largest absolute Gasteiger partial charge is 0.437 e. The predicted octanol–water partition coefficient (Wildman–Crippen LogP) is 4.30. The highest BCUT2D eigenvalue weighted by Crippen LogP contribution is 2.32. The lowest BCUT2D eigenvalue weighted by atomic mass is 10.1. The summed E-state index contributed by atoms with van der Waals surface area (Å²) < 4.78 is 6.28. The van der Waals surface area contributed by atoms with Gasteiger partial charge in [-0.05, 0) is 47.0 Å². The number of halogens is 2. The Hall–Kier alpha value is -1.13. The van der Waals surface area contributed by atoms with Crippen molar-refractivity contribution in [2.75, 3.05) is 0 Å². The van der Waals surface area contributed by atoms with Gasteiger partial charge in [0.25, 0.3) is 0 Å². The van der Waals surface area contributed by atoms with E-state index in [1.807, 2.05) is 32.0 Å². The van der Waals surface area contributed by atoms with Crippen LogP contribution in [0.2, 0.25) is 5.15 Å². The molecule has 0 saturated heterocycles. The lowest BCUT2D eigenvalue weighted by molar-refractivity contribution is 0.454. The van der Waals surface area contributed by atoms with Crippen molar-refractivity contribution < 1.29 is 4.74 Å². The minimum atomic E-state index is 0.334. The van der Waals surface area contributed by atoms with Crippen LogP contribution in [0.5, 0.6) is 11.6 Å². The number of aryl methyl sites for hydroxylation is 2. The van der Waals surface area contributed by atoms with Crippen molar-refractivity contribution in [1.29, 1.82) is 0 Å². The highest BCUT2D eigenvalue weighted by molar-refractivity contribution is 9.10. The van der Waals surface area contributed by atoms with Crippen molar-refractivity contribution >= 4 is 27.5 Å². The number of aromatic nitrogens is 2. The standard InChI is InChI=1S/C12H10BrClN2O/c1-7-3-4-8(2)9(5-7)17-12-10(13)11(14)15-6-16-12/h3-6H,1-2H3. The van der Waals surface area contributed by atoms with Crippen LogP contribution in [0.25, 0.3) is 0 Å². The lowest BCUT2D eigenvalue weighted by Crippen LogP contribution is -1.93. The number of benzene rings is 1. The molecular weight excluding hydrogens is 304 g/mol. The molecule has 0 spiro atoms. The second-order valence-corrected chi connectivity index (χ2v) is 4.81. The van der Waals surface area contributed by atoms with Gasteiger partial charge in [-0.25, -0.2) is 9.97 Å². The Kier molecular flexibility index (Phi) is 3.64. The molecule has 2 rings (SSSR count). The van der Waals surface area contributed by atoms with Crippen molar-refractivity contribution in [2.24, 2.45) is 0 Å². The molecule has 0 radical (unpaired) electrons. The summed E-state index contributed by atoms with van der Waals surface area (Å²) in [6, 6.07) is 5.99. The van der Waals surface area contributed by atoms with Crippen molar-refractivity contribution in [2.45, 2.75) is 13.8 Å². The van der Waals surface area contributed by atoms with E-state index < -0.39 is 0 Å². The van der Waals surface area contributed by atoms with Gasteiger partial charge in [-0.1, -0.05) is 23.7 Å². The lowest BCUT2D eigenvalue weighted by Gasteiger charge is -2.09. The molecule has 0 unspecified atom stereocenters. The van der Waals surface area contributed by atoms with Crippen LogP contribution < -0.4 is 4.74 Å². The van der Waals surface area contributed by atoms with E-state index in [-0.39, 0.29) is 0 Å². The zero-order chi connectivity index (χ0) is 12.4. The summed E-state index contributed by atoms with van der Waals surface area (Å²) in [5.41, 5.74) is 2.17. The minimum absolute atomic E-state index is 0.334. The van der Waals surface area contributed by atoms with Gasteiger partial charge in [-0.3, -0.25) is 0 Å². The fraction of sp³-hybridized carbons (Fsp3) is 0.167. The number of nitrogens with zero attached hydrogens (tertiary/aromatic N) is 2. The van der Waals surface area contributed by atoms with Gasteiger partial charge in [-0.15, -0.1) is 0 Å². The third-order valence-electron chi connectivity index (χ3n) is 2.27. The smallest absolute Gasteiger partial charge is 0.238 e. The maximum Gasteiger partial charge on any atom is 0.238 e. The summed E-state index contributed by atoms with van der Waals surface area (Å²) in [6.07, 6.45) is 1.37. The average molecular weight is 314 g/mol. The average Bonchev–Trinajstić information content (AvgIpc) is 2.30. The van der Waals surface area contributed by atoms with Crippen molar-refractivity contribution in [3.63, 3.8) is 0 Å². The van der Waals surface area contributed by atoms with E-state index >= 15 is 0 Å². The van der Waals surface area contributed by atoms with E-state index in [9.17, 15) is 0 Å². The van der Waals surface area contributed by atoms with Crippen LogP contribution in [-0.2, 0) is 0 Å². The van der Waals surface area contributed by atoms with Gasteiger partial charge < -0.3 is 4.74 Å². The molecule has 0 fully saturated rings. The van der Waals surface area contributed by atoms with Crippen LogP contribution in [0.15, 0.2) is 29.0 Å². The first-order valence-corrected chi connectivity index (χ1v) is 6.16. The Morgan fingerprint density at radius 3 is 2.76 bits per heavy atom. The molecule has 88 valence electrons. The van der Waals surface area contributed by atoms with Gasteiger partial charge in [0.05, 0.1) is 0 Å². The quantitative estimate of drug-likeness (QED) is 0.775. The molecule has 3 nitrogen and oxygen atoms in total. The molecule has 1 aromatic carbocycles. The van der Waals surface area contributed by atoms with E-state index in [2.05, 4.69) is 25.9 Å². The number of hydrogen-bond acceptors (Lipinski definition) is 3. The molecule has 1 aromatic heterocycles. The molecule has 0 aliphatic heterocycles. The molecule has 5 heteroatoms. The number of rotatable bonds is 2. The minimum Gasteiger partial charge on any atom is -0.437 e. The highest BCUT2D eigenvalue weighted by atomic mass is 79.9. The second kappa shape index (κ2) is 5.02. The van der Waals surface area contributed by atoms with Gasteiger partial charge in [-0.2, -0.15) is 0 Å². The summed E-state index contributed by atoms with van der Waals surface area (Å²) in [7, 11) is 0. The fourth-order valence-electron chi connectivity index (χ4n) is 1.33. The highest BCUT2D eigenvalue weighted by Gasteiger charge is 2.10. The molecule has 0 saturated carbocycles. The monoisotopic (exact) mass is 312 g/mol. The third-order valence-corrected chi connectivity index (χ3v) is 3.49. The first kappa shape index (κ1) is 12.3. The van der Waals surface area contributed by atoms with Crippen LogP contribution in [0.4, 0.5) is 0 Å². The fourth-order valence-corrected chi connectivity index (χ4v) is 1.74. The van der Waals surface area contributed by atoms with Crippen molar-refractivity contribution in [1.82, 2.24) is 9.97 Å². The number of ether oxygens (including phenoxy) is 1. The zero-order valence-corrected chi connectivity index (χ0v) is 11.7. The second-order valence-electron chi connectivity index (χ2n) is 3.65. The molecule has 0 aliphatic rings. The summed E-state index contributed by atoms with van der Waals surface area (Å²) in [5.74, 6) is 1.18. The van der Waals surface area contributed by atoms with E-state index in [1.54, 1.807) is 0 Å². The van der Waals surface area contributed by atoms with Gasteiger partial charge in [0.1, 0.15) is 16.5 Å². The van der Waals surface area contributed by atoms with Gasteiger partial charge >= 0.3 is 0 Å². The van der Waals surface area contributed by atoms with Crippen molar-refractivity contribution in [3.05, 3.63) is 45.3 Å². The van der Waals surface area contributed by atoms with Crippen LogP contribution in [0.3, 0.4) is 0 Å². The van der Waals surface area contributed by atoms with Crippen LogP contribution in [-0.4, -0.2) is 9.97 Å². The van der Waals surface area contributed by atoms with Crippen molar-refractivity contribution in [3.8, 4) is 11.6 Å². The maximum atomic E-state index is 5.87. The Morgan fingerprint density at radius 2 is 2.00 bits per heavy atom. The van der Waals surface area contributed by atoms with E-state index in [4.69, 9.17) is 16.3 Å². The Balaban J connectivity index is 2.38. The van der Waals surface area contributed by atoms with Crippen LogP contribution in [0.1, 0.15) is 11.1 Å². The zero-order valence-electron chi connectivity index (χ0n) is 9.37. The SMILES string of the molecule is Cc1ccc(C)c(Oc2ncnc(Cl)c2Br)c1. The molecule has 0 N–H and O–H groups in total. The number of hydrogen-bond donors (Lipinski definition) is 0. The Labute approximate surface area is 113 Å². The summed E-state index contributed by atoms with van der Waals surface area (Å²) in [5, 5.41) is 0.334. The first-order chi connectivity index (χ1) is 8.08. The van der Waals surface area contributed by atoms with Gasteiger partial charge in [0.15, 0.2) is 5.15 Å². The molecule has 2 aromatic rings. The Bertz CT molecular complexity index is 560. The first-order valence-electron chi connectivity index (χ1n) is 4.99. The van der Waals surface area contributed by atoms with Gasteiger partial charge in [0, 0.05) is 0 Å². The molecule has 1 heterocycles. The Morgan fingerprint density at radius 1 is 1.24 bits per heavy atom. The molecule has 17 heavy (non-hydrogen) atoms. The summed E-state index contributed by atoms with van der Waals surface area (Å²) in [4.78, 5) is 7.89. The third kappa shape index (κ3) is 2.76.